The summed E-state index contributed by atoms with van der Waals surface area (Å²) in [6.07, 6.45) is 3.78. The Kier molecular flexibility index (Phi) is 6.38. The third-order valence-corrected chi connectivity index (χ3v) is 9.48. The molecule has 0 radical (unpaired) electrons. The van der Waals surface area contributed by atoms with Crippen LogP contribution in [-0.4, -0.2) is 64.9 Å². The summed E-state index contributed by atoms with van der Waals surface area (Å²) < 4.78 is 74.9. The Morgan fingerprint density at radius 1 is 1.21 bits per heavy atom. The summed E-state index contributed by atoms with van der Waals surface area (Å²) >= 11 is 0. The molecule has 3 saturated heterocycles. The van der Waals surface area contributed by atoms with Gasteiger partial charge < -0.3 is 4.74 Å². The van der Waals surface area contributed by atoms with Crippen molar-refractivity contribution in [3.05, 3.63) is 40.1 Å². The van der Waals surface area contributed by atoms with Crippen LogP contribution in [0.3, 0.4) is 0 Å². The van der Waals surface area contributed by atoms with Crippen molar-refractivity contribution in [2.24, 2.45) is 17.3 Å². The number of likely N-dealkylation sites (tertiary alicyclic amines) is 1. The molecule has 0 aromatic carbocycles. The number of aromatic nitrogens is 2. The van der Waals surface area contributed by atoms with Crippen LogP contribution >= 0.6 is 0 Å². The van der Waals surface area contributed by atoms with Crippen LogP contribution in [0.2, 0.25) is 0 Å². The van der Waals surface area contributed by atoms with Gasteiger partial charge in [-0.1, -0.05) is 13.3 Å². The molecule has 0 amide bonds. The molecule has 0 spiro atoms. The lowest BCUT2D eigenvalue weighted by Crippen LogP contribution is -2.54. The first kappa shape index (κ1) is 23.8. The Balaban J connectivity index is 1.27. The van der Waals surface area contributed by atoms with Gasteiger partial charge in [0.15, 0.2) is 0 Å². The molecule has 0 bridgehead atoms. The normalized spacial score (nSPS) is 32.1. The van der Waals surface area contributed by atoms with E-state index in [1.807, 2.05) is 0 Å². The van der Waals surface area contributed by atoms with Crippen molar-refractivity contribution < 1.29 is 22.0 Å². The second-order valence-corrected chi connectivity index (χ2v) is 12.4. The van der Waals surface area contributed by atoms with Crippen molar-refractivity contribution >= 4 is 5.52 Å². The molecular formula is C28H41F3N6O2. The molecule has 4 atom stereocenters. The zero-order valence-corrected chi connectivity index (χ0v) is 22.5. The summed E-state index contributed by atoms with van der Waals surface area (Å²) in [4.78, 5) is 17.3. The van der Waals surface area contributed by atoms with Crippen molar-refractivity contribution in [3.63, 3.8) is 0 Å². The fraction of sp³-hybridized carbons (Fsp3) is 0.750. The van der Waals surface area contributed by atoms with Gasteiger partial charge >= 0.3 is 11.9 Å². The number of pyridine rings is 1. The Morgan fingerprint density at radius 2 is 2.05 bits per heavy atom. The second kappa shape index (κ2) is 10.5. The smallest absolute Gasteiger partial charge is 0.380 e. The summed E-state index contributed by atoms with van der Waals surface area (Å²) in [5.41, 5.74) is 4.94. The third-order valence-electron chi connectivity index (χ3n) is 9.48. The Bertz CT molecular complexity index is 1340. The number of nitrogens with zero attached hydrogens (tertiary/aromatic N) is 4. The van der Waals surface area contributed by atoms with E-state index in [1.54, 1.807) is 6.20 Å². The molecule has 39 heavy (non-hydrogen) atoms. The van der Waals surface area contributed by atoms with Gasteiger partial charge in [-0.3, -0.25) is 18.8 Å². The molecule has 3 aliphatic heterocycles. The lowest BCUT2D eigenvalue weighted by molar-refractivity contribution is -0.167. The zero-order valence-electron chi connectivity index (χ0n) is 25.5. The van der Waals surface area contributed by atoms with Crippen molar-refractivity contribution in [1.29, 1.82) is 0 Å². The molecule has 4 fully saturated rings. The average Bonchev–Trinajstić information content (AvgIpc) is 3.50. The van der Waals surface area contributed by atoms with E-state index >= 15 is 0 Å². The summed E-state index contributed by atoms with van der Waals surface area (Å²) in [5.74, 6) is 0.647. The number of hydrogen-bond donors (Lipinski definition) is 2. The van der Waals surface area contributed by atoms with Gasteiger partial charge in [0.2, 0.25) is 0 Å². The number of nitrogens with one attached hydrogen (secondary N) is 2. The third kappa shape index (κ3) is 5.28. The number of hydrazine groups is 1. The fourth-order valence-corrected chi connectivity index (χ4v) is 7.37. The number of piperidine rings is 1. The van der Waals surface area contributed by atoms with Crippen molar-refractivity contribution in [3.8, 4) is 0 Å². The quantitative estimate of drug-likeness (QED) is 0.567. The maximum Gasteiger partial charge on any atom is 0.418 e. The molecule has 2 aromatic heterocycles. The van der Waals surface area contributed by atoms with Gasteiger partial charge in [-0.15, -0.1) is 0 Å². The van der Waals surface area contributed by atoms with Gasteiger partial charge in [-0.25, -0.2) is 15.6 Å². The van der Waals surface area contributed by atoms with E-state index < -0.39 is 30.6 Å². The van der Waals surface area contributed by atoms with Crippen molar-refractivity contribution in [2.75, 3.05) is 39.9 Å². The molecule has 6 rings (SSSR count). The first-order valence-corrected chi connectivity index (χ1v) is 14.2. The van der Waals surface area contributed by atoms with Crippen LogP contribution in [-0.2, 0) is 17.5 Å². The van der Waals surface area contributed by atoms with E-state index in [0.717, 1.165) is 38.8 Å². The number of alkyl halides is 3. The van der Waals surface area contributed by atoms with E-state index in [0.29, 0.717) is 50.5 Å². The highest BCUT2D eigenvalue weighted by Gasteiger charge is 2.49. The van der Waals surface area contributed by atoms with Gasteiger partial charge in [0.05, 0.1) is 37.1 Å². The zero-order chi connectivity index (χ0) is 29.9. The van der Waals surface area contributed by atoms with E-state index in [2.05, 4.69) is 22.7 Å². The molecule has 8 nitrogen and oxygen atoms in total. The highest BCUT2D eigenvalue weighted by atomic mass is 19.4. The summed E-state index contributed by atoms with van der Waals surface area (Å²) in [5, 5.41) is 0. The van der Waals surface area contributed by atoms with E-state index in [-0.39, 0.29) is 29.6 Å². The number of hydrogen-bond acceptors (Lipinski definition) is 6. The molecule has 2 aromatic rings. The predicted octanol–water partition coefficient (Wildman–Crippen LogP) is 3.81. The van der Waals surface area contributed by atoms with Crippen LogP contribution in [0.5, 0.6) is 0 Å². The van der Waals surface area contributed by atoms with Crippen LogP contribution in [0.25, 0.3) is 5.52 Å². The Hall–Kier alpha value is -1.92. The minimum absolute atomic E-state index is 0.110. The minimum atomic E-state index is -4.59. The van der Waals surface area contributed by atoms with Gasteiger partial charge in [-0.2, -0.15) is 13.2 Å². The highest BCUT2D eigenvalue weighted by molar-refractivity contribution is 5.56. The molecule has 216 valence electrons. The van der Waals surface area contributed by atoms with Crippen LogP contribution in [0.1, 0.15) is 73.2 Å². The van der Waals surface area contributed by atoms with Crippen molar-refractivity contribution in [1.82, 2.24) is 29.6 Å². The molecular weight excluding hydrogens is 509 g/mol. The van der Waals surface area contributed by atoms with Gasteiger partial charge in [0.25, 0.3) is 0 Å². The minimum Gasteiger partial charge on any atom is -0.380 e. The molecule has 5 heterocycles. The fourth-order valence-electron chi connectivity index (χ4n) is 7.37. The molecule has 1 aliphatic carbocycles. The first-order chi connectivity index (χ1) is 19.8. The number of rotatable bonds is 6. The SMILES string of the molecule is [2H]C([2H])([2H])N1CNNC1CC1(C2CCCC(n3cc4c(C(F)(F)F)cc(CN5CCC[C@H](C)C5)cn4c3=O)C2)COC1. The summed E-state index contributed by atoms with van der Waals surface area (Å²) in [7, 11) is 0. The van der Waals surface area contributed by atoms with Crippen LogP contribution < -0.4 is 16.5 Å². The first-order valence-electron chi connectivity index (χ1n) is 15.7. The monoisotopic (exact) mass is 553 g/mol. The largest absolute Gasteiger partial charge is 0.418 e. The molecule has 4 aliphatic rings. The van der Waals surface area contributed by atoms with Crippen LogP contribution in [0, 0.1) is 17.3 Å². The van der Waals surface area contributed by atoms with E-state index in [9.17, 15) is 18.0 Å². The topological polar surface area (TPSA) is 66.2 Å². The maximum atomic E-state index is 14.3. The Morgan fingerprint density at radius 3 is 2.77 bits per heavy atom. The lowest BCUT2D eigenvalue weighted by Gasteiger charge is -2.51. The van der Waals surface area contributed by atoms with Gasteiger partial charge in [0.1, 0.15) is 0 Å². The summed E-state index contributed by atoms with van der Waals surface area (Å²) in [6.45, 7) is 3.17. The number of ether oxygens (including phenoxy) is 1. The van der Waals surface area contributed by atoms with Crippen LogP contribution in [0.15, 0.2) is 23.3 Å². The molecule has 3 unspecified atom stereocenters. The molecule has 11 heteroatoms. The summed E-state index contributed by atoms with van der Waals surface area (Å²) in [6, 6.07) is 0.969. The standard InChI is InChI=1S/C28H41F3N6O2/c1-19-5-4-8-35(12-19)13-20-9-23(28(29,30)31)24-15-36(26(38)37(24)14-20)22-7-3-6-21(10-22)27(16-39-17-27)11-25-33-32-18-34(25)2/h9,14-15,19,21-22,25,32-33H,3-8,10-13,16-18H2,1-2H3/t19-,21?,22?,25?/m0/s1/i2D3. The predicted molar refractivity (Wildman–Crippen MR) is 142 cm³/mol. The molecule has 1 saturated carbocycles. The van der Waals surface area contributed by atoms with Crippen molar-refractivity contribution in [2.45, 2.75) is 76.8 Å². The maximum absolute atomic E-state index is 14.3. The number of fused-ring (bicyclic) bond motifs is 1. The van der Waals surface area contributed by atoms with E-state index in [4.69, 9.17) is 8.85 Å². The van der Waals surface area contributed by atoms with Crippen LogP contribution in [0.4, 0.5) is 13.2 Å². The number of imidazole rings is 1. The molecule has 2 N–H and O–H groups in total. The average molecular weight is 554 g/mol. The van der Waals surface area contributed by atoms with Gasteiger partial charge in [-0.05, 0) is 75.5 Å². The van der Waals surface area contributed by atoms with E-state index in [1.165, 1.54) is 26.1 Å². The lowest BCUT2D eigenvalue weighted by atomic mass is 9.64. The second-order valence-electron chi connectivity index (χ2n) is 12.4. The highest BCUT2D eigenvalue weighted by Crippen LogP contribution is 2.49. The van der Waals surface area contributed by atoms with Gasteiger partial charge in [0, 0.05) is 41.1 Å². The number of halogens is 3. The Labute approximate surface area is 231 Å².